The first-order valence-corrected chi connectivity index (χ1v) is 11.1. The summed E-state index contributed by atoms with van der Waals surface area (Å²) in [5.74, 6) is 4.01. The van der Waals surface area contributed by atoms with Crippen LogP contribution < -0.4 is 9.47 Å². The maximum atomic E-state index is 9.98. The number of hydrogen-bond acceptors (Lipinski definition) is 5. The number of hydrogen-bond donors (Lipinski definition) is 2. The molecule has 174 valence electrons. The molecule has 32 heavy (non-hydrogen) atoms. The van der Waals surface area contributed by atoms with Gasteiger partial charge in [-0.3, -0.25) is 0 Å². The monoisotopic (exact) mass is 440 g/mol. The van der Waals surface area contributed by atoms with E-state index in [1.54, 1.807) is 0 Å². The number of aliphatic hydroxyl groups is 2. The van der Waals surface area contributed by atoms with Crippen molar-refractivity contribution >= 4 is 0 Å². The summed E-state index contributed by atoms with van der Waals surface area (Å²) in [7, 11) is 0. The van der Waals surface area contributed by atoms with Crippen LogP contribution in [0.4, 0.5) is 0 Å². The van der Waals surface area contributed by atoms with Gasteiger partial charge in [-0.25, -0.2) is 0 Å². The van der Waals surface area contributed by atoms with Crippen molar-refractivity contribution in [2.45, 2.75) is 59.7 Å². The first kappa shape index (κ1) is 25.7. The molecule has 0 spiro atoms. The zero-order valence-corrected chi connectivity index (χ0v) is 19.9. The molecular weight excluding hydrogens is 404 g/mol. The van der Waals surface area contributed by atoms with Crippen LogP contribution in [0.5, 0.6) is 11.5 Å². The summed E-state index contributed by atoms with van der Waals surface area (Å²) < 4.78 is 16.9. The number of terminal acetylenes is 1. The molecule has 2 atom stereocenters. The molecule has 2 N–H and O–H groups in total. The van der Waals surface area contributed by atoms with E-state index in [0.717, 1.165) is 40.2 Å². The Kier molecular flexibility index (Phi) is 10.1. The molecule has 5 heteroatoms. The Labute approximate surface area is 192 Å². The van der Waals surface area contributed by atoms with Gasteiger partial charge in [0.25, 0.3) is 0 Å². The molecule has 0 aliphatic rings. The highest BCUT2D eigenvalue weighted by molar-refractivity contribution is 5.47. The molecule has 0 radical (unpaired) electrons. The molecule has 0 aliphatic heterocycles. The SMILES string of the molecule is C#CCOCC(O)COc1c(C)cc(Cc2cc(C)c(OCC(O)CC)c(C)c2)cc1C. The third-order valence-corrected chi connectivity index (χ3v) is 5.26. The number of rotatable bonds is 12. The van der Waals surface area contributed by atoms with Crippen molar-refractivity contribution < 1.29 is 24.4 Å². The van der Waals surface area contributed by atoms with Crippen LogP contribution >= 0.6 is 0 Å². The molecule has 0 amide bonds. The largest absolute Gasteiger partial charge is 0.490 e. The number of aliphatic hydroxyl groups excluding tert-OH is 2. The smallest absolute Gasteiger partial charge is 0.125 e. The molecule has 2 unspecified atom stereocenters. The summed E-state index contributed by atoms with van der Waals surface area (Å²) in [6, 6.07) is 8.52. The predicted octanol–water partition coefficient (Wildman–Crippen LogP) is 4.05. The molecule has 2 rings (SSSR count). The highest BCUT2D eigenvalue weighted by Gasteiger charge is 2.13. The third kappa shape index (κ3) is 7.56. The van der Waals surface area contributed by atoms with E-state index in [4.69, 9.17) is 20.6 Å². The van der Waals surface area contributed by atoms with E-state index in [2.05, 4.69) is 30.2 Å². The van der Waals surface area contributed by atoms with Gasteiger partial charge in [0.2, 0.25) is 0 Å². The molecule has 2 aromatic carbocycles. The van der Waals surface area contributed by atoms with Crippen LogP contribution in [0.15, 0.2) is 24.3 Å². The lowest BCUT2D eigenvalue weighted by Crippen LogP contribution is -2.24. The second kappa shape index (κ2) is 12.5. The number of aryl methyl sites for hydroxylation is 4. The average Bonchev–Trinajstić information content (AvgIpc) is 2.72. The molecule has 0 aromatic heterocycles. The average molecular weight is 441 g/mol. The second-order valence-electron chi connectivity index (χ2n) is 8.35. The van der Waals surface area contributed by atoms with E-state index in [-0.39, 0.29) is 19.8 Å². The van der Waals surface area contributed by atoms with Crippen molar-refractivity contribution in [3.05, 3.63) is 57.6 Å². The Hall–Kier alpha value is -2.52. The molecule has 0 saturated carbocycles. The Morgan fingerprint density at radius 3 is 1.62 bits per heavy atom. The molecule has 0 heterocycles. The van der Waals surface area contributed by atoms with Crippen molar-refractivity contribution in [3.63, 3.8) is 0 Å². The Bertz CT molecular complexity index is 882. The van der Waals surface area contributed by atoms with E-state index >= 15 is 0 Å². The topological polar surface area (TPSA) is 68.2 Å². The van der Waals surface area contributed by atoms with Crippen LogP contribution in [0.25, 0.3) is 0 Å². The van der Waals surface area contributed by atoms with Crippen LogP contribution in [-0.4, -0.2) is 48.8 Å². The van der Waals surface area contributed by atoms with Gasteiger partial charge in [-0.05, 0) is 73.9 Å². The van der Waals surface area contributed by atoms with Gasteiger partial charge in [-0.2, -0.15) is 0 Å². The summed E-state index contributed by atoms with van der Waals surface area (Å²) in [6.45, 7) is 10.8. The maximum absolute atomic E-state index is 9.98. The fraction of sp³-hybridized carbons (Fsp3) is 0.481. The fourth-order valence-electron chi connectivity index (χ4n) is 3.75. The third-order valence-electron chi connectivity index (χ3n) is 5.26. The van der Waals surface area contributed by atoms with Crippen molar-refractivity contribution in [2.75, 3.05) is 26.4 Å². The minimum atomic E-state index is -0.730. The van der Waals surface area contributed by atoms with Crippen LogP contribution in [0.3, 0.4) is 0 Å². The second-order valence-corrected chi connectivity index (χ2v) is 8.35. The Morgan fingerprint density at radius 2 is 1.22 bits per heavy atom. The molecule has 0 saturated heterocycles. The molecule has 5 nitrogen and oxygen atoms in total. The van der Waals surface area contributed by atoms with Gasteiger partial charge in [0, 0.05) is 0 Å². The molecule has 2 aromatic rings. The van der Waals surface area contributed by atoms with E-state index < -0.39 is 12.2 Å². The molecule has 0 fully saturated rings. The van der Waals surface area contributed by atoms with E-state index in [0.29, 0.717) is 13.0 Å². The molecular formula is C27H36O5. The Morgan fingerprint density at radius 1 is 0.781 bits per heavy atom. The van der Waals surface area contributed by atoms with Crippen molar-refractivity contribution in [1.29, 1.82) is 0 Å². The van der Waals surface area contributed by atoms with Gasteiger partial charge in [-0.15, -0.1) is 6.42 Å². The van der Waals surface area contributed by atoms with Crippen LogP contribution in [-0.2, 0) is 11.2 Å². The van der Waals surface area contributed by atoms with E-state index in [1.165, 1.54) is 11.1 Å². The van der Waals surface area contributed by atoms with Gasteiger partial charge in [0.05, 0.1) is 12.7 Å². The van der Waals surface area contributed by atoms with E-state index in [9.17, 15) is 10.2 Å². The van der Waals surface area contributed by atoms with E-state index in [1.807, 2.05) is 34.6 Å². The van der Waals surface area contributed by atoms with Crippen LogP contribution in [0.2, 0.25) is 0 Å². The minimum absolute atomic E-state index is 0.149. The van der Waals surface area contributed by atoms with Crippen molar-refractivity contribution in [3.8, 4) is 23.8 Å². The number of ether oxygens (including phenoxy) is 3. The summed E-state index contributed by atoms with van der Waals surface area (Å²) in [6.07, 6.45) is 5.43. The van der Waals surface area contributed by atoms with Crippen molar-refractivity contribution in [2.24, 2.45) is 0 Å². The highest BCUT2D eigenvalue weighted by atomic mass is 16.5. The first-order chi connectivity index (χ1) is 15.2. The van der Waals surface area contributed by atoms with Gasteiger partial charge in [-0.1, -0.05) is 37.1 Å². The van der Waals surface area contributed by atoms with Gasteiger partial charge in [0.15, 0.2) is 0 Å². The Balaban J connectivity index is 2.06. The van der Waals surface area contributed by atoms with Gasteiger partial charge < -0.3 is 24.4 Å². The summed E-state index contributed by atoms with van der Waals surface area (Å²) in [4.78, 5) is 0. The highest BCUT2D eigenvalue weighted by Crippen LogP contribution is 2.29. The molecule has 0 bridgehead atoms. The molecule has 0 aliphatic carbocycles. The lowest BCUT2D eigenvalue weighted by molar-refractivity contribution is 0.0226. The lowest BCUT2D eigenvalue weighted by atomic mass is 9.97. The van der Waals surface area contributed by atoms with Gasteiger partial charge in [0.1, 0.15) is 37.4 Å². The quantitative estimate of drug-likeness (QED) is 0.385. The van der Waals surface area contributed by atoms with Crippen LogP contribution in [0, 0.1) is 40.0 Å². The standard InChI is InChI=1S/C27H36O5/c1-7-9-30-15-25(29)17-32-27-20(5)12-23(13-21(27)6)14-22-10-18(3)26(19(4)11-22)31-16-24(28)8-2/h1,10-13,24-25,28-29H,8-9,14-17H2,2-6H3. The zero-order valence-electron chi connectivity index (χ0n) is 19.9. The van der Waals surface area contributed by atoms with Gasteiger partial charge >= 0.3 is 0 Å². The maximum Gasteiger partial charge on any atom is 0.125 e. The summed E-state index contributed by atoms with van der Waals surface area (Å²) in [5.41, 5.74) is 6.59. The van der Waals surface area contributed by atoms with Crippen LogP contribution in [0.1, 0.15) is 46.7 Å². The number of benzene rings is 2. The zero-order chi connectivity index (χ0) is 23.7. The van der Waals surface area contributed by atoms with Crippen molar-refractivity contribution in [1.82, 2.24) is 0 Å². The lowest BCUT2D eigenvalue weighted by Gasteiger charge is -2.18. The fourth-order valence-corrected chi connectivity index (χ4v) is 3.75. The minimum Gasteiger partial charge on any atom is -0.490 e. The normalized spacial score (nSPS) is 12.8. The first-order valence-electron chi connectivity index (χ1n) is 11.1. The summed E-state index contributed by atoms with van der Waals surface area (Å²) in [5, 5.41) is 19.8. The predicted molar refractivity (Wildman–Crippen MR) is 128 cm³/mol. The summed E-state index contributed by atoms with van der Waals surface area (Å²) >= 11 is 0.